The third-order valence-electron chi connectivity index (χ3n) is 2.10. The summed E-state index contributed by atoms with van der Waals surface area (Å²) in [5.74, 6) is -0.125. The largest absolute Gasteiger partial charge is 0.399 e. The van der Waals surface area contributed by atoms with Crippen LogP contribution >= 0.6 is 0 Å². The lowest BCUT2D eigenvalue weighted by molar-refractivity contribution is -0.117. The Morgan fingerprint density at radius 2 is 2.00 bits per heavy atom. The van der Waals surface area contributed by atoms with Gasteiger partial charge in [-0.2, -0.15) is 0 Å². The van der Waals surface area contributed by atoms with Gasteiger partial charge in [0.1, 0.15) is 0 Å². The van der Waals surface area contributed by atoms with Gasteiger partial charge >= 0.3 is 9.28 Å². The minimum absolute atomic E-state index is 0.00852. The van der Waals surface area contributed by atoms with Crippen molar-refractivity contribution in [1.82, 2.24) is 5.32 Å². The predicted octanol–water partition coefficient (Wildman–Crippen LogP) is 0.900. The molecule has 0 saturated carbocycles. The summed E-state index contributed by atoms with van der Waals surface area (Å²) < 4.78 is 10.5. The van der Waals surface area contributed by atoms with Crippen LogP contribution in [0.1, 0.15) is 26.7 Å². The number of rotatable bonds is 7. The molecule has 0 fully saturated rings. The van der Waals surface area contributed by atoms with Crippen molar-refractivity contribution in [2.45, 2.75) is 32.4 Å². The lowest BCUT2D eigenvalue weighted by Crippen LogP contribution is -2.48. The van der Waals surface area contributed by atoms with Crippen LogP contribution in [0, 0.1) is 0 Å². The highest BCUT2D eigenvalue weighted by Crippen LogP contribution is 2.04. The summed E-state index contributed by atoms with van der Waals surface area (Å²) in [5, 5.41) is 2.89. The maximum absolute atomic E-state index is 11.5. The highest BCUT2D eigenvalue weighted by atomic mass is 28.3. The molecule has 0 aliphatic carbocycles. The molecule has 0 radical (unpaired) electrons. The molecule has 1 N–H and O–H groups in total. The second kappa shape index (κ2) is 7.61. The fourth-order valence-electron chi connectivity index (χ4n) is 1.30. The quantitative estimate of drug-likeness (QED) is 0.523. The molecule has 5 heteroatoms. The molecule has 15 heavy (non-hydrogen) atoms. The first kappa shape index (κ1) is 14.3. The van der Waals surface area contributed by atoms with Gasteiger partial charge in [0.25, 0.3) is 0 Å². The van der Waals surface area contributed by atoms with Crippen molar-refractivity contribution in [3.8, 4) is 0 Å². The second-order valence-corrected chi connectivity index (χ2v) is 5.97. The molecule has 0 aromatic heterocycles. The molecule has 0 heterocycles. The van der Waals surface area contributed by atoms with Crippen molar-refractivity contribution in [2.24, 2.45) is 0 Å². The van der Waals surface area contributed by atoms with Gasteiger partial charge in [-0.25, -0.2) is 0 Å². The Balaban J connectivity index is 4.37. The summed E-state index contributed by atoms with van der Waals surface area (Å²) in [5.41, 5.74) is 0.519. The van der Waals surface area contributed by atoms with Crippen molar-refractivity contribution in [2.75, 3.05) is 14.2 Å². The van der Waals surface area contributed by atoms with Crippen molar-refractivity contribution >= 4 is 15.2 Å². The fourth-order valence-corrected chi connectivity index (χ4v) is 3.05. The molecular weight excluding hydrogens is 210 g/mol. The van der Waals surface area contributed by atoms with Gasteiger partial charge in [-0.1, -0.05) is 19.9 Å². The van der Waals surface area contributed by atoms with Crippen molar-refractivity contribution < 1.29 is 13.6 Å². The summed E-state index contributed by atoms with van der Waals surface area (Å²) in [4.78, 5) is 11.5. The SMILES string of the molecule is C=C(C)C(=O)NC(CCC)[SiH](OC)OC. The molecule has 0 aromatic rings. The van der Waals surface area contributed by atoms with E-state index in [1.807, 2.05) is 0 Å². The zero-order chi connectivity index (χ0) is 11.8. The summed E-state index contributed by atoms with van der Waals surface area (Å²) in [6.07, 6.45) is 1.86. The molecule has 0 spiro atoms. The van der Waals surface area contributed by atoms with Gasteiger partial charge in [0, 0.05) is 19.8 Å². The smallest absolute Gasteiger partial charge is 0.344 e. The topological polar surface area (TPSA) is 47.6 Å². The average Bonchev–Trinajstić information content (AvgIpc) is 2.19. The second-order valence-electron chi connectivity index (χ2n) is 3.49. The first-order valence-corrected chi connectivity index (χ1v) is 6.69. The van der Waals surface area contributed by atoms with Gasteiger partial charge in [-0.3, -0.25) is 4.79 Å². The molecule has 0 bridgehead atoms. The van der Waals surface area contributed by atoms with E-state index < -0.39 is 9.28 Å². The van der Waals surface area contributed by atoms with Crippen LogP contribution in [0.3, 0.4) is 0 Å². The lowest BCUT2D eigenvalue weighted by Gasteiger charge is -2.23. The summed E-state index contributed by atoms with van der Waals surface area (Å²) in [7, 11) is 1.45. The van der Waals surface area contributed by atoms with Gasteiger partial charge in [-0.15, -0.1) is 0 Å². The monoisotopic (exact) mass is 231 g/mol. The first-order chi connectivity index (χ1) is 7.06. The van der Waals surface area contributed by atoms with Crippen LogP contribution in [0.4, 0.5) is 0 Å². The van der Waals surface area contributed by atoms with Crippen LogP contribution in [0.2, 0.25) is 0 Å². The Morgan fingerprint density at radius 3 is 2.33 bits per heavy atom. The fraction of sp³-hybridized carbons (Fsp3) is 0.700. The Bertz CT molecular complexity index is 217. The number of hydrogen-bond acceptors (Lipinski definition) is 3. The van der Waals surface area contributed by atoms with Gasteiger partial charge in [-0.05, 0) is 13.3 Å². The molecule has 88 valence electrons. The van der Waals surface area contributed by atoms with Gasteiger partial charge < -0.3 is 14.2 Å². The van der Waals surface area contributed by atoms with E-state index in [1.165, 1.54) is 0 Å². The van der Waals surface area contributed by atoms with E-state index in [0.717, 1.165) is 12.8 Å². The molecule has 0 rings (SSSR count). The van der Waals surface area contributed by atoms with E-state index in [0.29, 0.717) is 5.57 Å². The number of hydrogen-bond donors (Lipinski definition) is 1. The third kappa shape index (κ3) is 5.11. The van der Waals surface area contributed by atoms with Crippen molar-refractivity contribution in [3.05, 3.63) is 12.2 Å². The van der Waals surface area contributed by atoms with E-state index in [2.05, 4.69) is 18.8 Å². The van der Waals surface area contributed by atoms with Crippen LogP contribution in [-0.4, -0.2) is 35.1 Å². The van der Waals surface area contributed by atoms with Gasteiger partial charge in [0.05, 0.1) is 5.67 Å². The van der Waals surface area contributed by atoms with Crippen LogP contribution in [0.5, 0.6) is 0 Å². The summed E-state index contributed by atoms with van der Waals surface area (Å²) >= 11 is 0. The molecule has 0 aliphatic heterocycles. The highest BCUT2D eigenvalue weighted by Gasteiger charge is 2.25. The Morgan fingerprint density at radius 1 is 1.47 bits per heavy atom. The number of amides is 1. The number of carbonyl (C=O) groups is 1. The zero-order valence-electron chi connectivity index (χ0n) is 10.0. The molecule has 4 nitrogen and oxygen atoms in total. The first-order valence-electron chi connectivity index (χ1n) is 5.08. The molecule has 1 amide bonds. The highest BCUT2D eigenvalue weighted by molar-refractivity contribution is 6.46. The zero-order valence-corrected chi connectivity index (χ0v) is 11.2. The molecular formula is C10H21NO3Si. The Hall–Kier alpha value is -0.653. The maximum atomic E-state index is 11.5. The number of nitrogens with one attached hydrogen (secondary N) is 1. The van der Waals surface area contributed by atoms with Crippen molar-refractivity contribution in [1.29, 1.82) is 0 Å². The minimum Gasteiger partial charge on any atom is -0.399 e. The van der Waals surface area contributed by atoms with E-state index in [9.17, 15) is 4.79 Å². The Labute approximate surface area is 93.5 Å². The Kier molecular flexibility index (Phi) is 7.28. The van der Waals surface area contributed by atoms with Crippen molar-refractivity contribution in [3.63, 3.8) is 0 Å². The number of carbonyl (C=O) groups excluding carboxylic acids is 1. The van der Waals surface area contributed by atoms with Crippen LogP contribution in [0.15, 0.2) is 12.2 Å². The maximum Gasteiger partial charge on any atom is 0.344 e. The standard InChI is InChI=1S/C10H21NO3Si/c1-6-7-9(15(13-4)14-5)11-10(12)8(2)3/h9,15H,2,6-7H2,1,3-5H3,(H,11,12). The summed E-state index contributed by atoms with van der Waals surface area (Å²) in [6, 6.07) is 0. The average molecular weight is 231 g/mol. The van der Waals surface area contributed by atoms with E-state index in [4.69, 9.17) is 8.85 Å². The molecule has 0 aromatic carbocycles. The van der Waals surface area contributed by atoms with E-state index in [1.54, 1.807) is 21.1 Å². The minimum atomic E-state index is -1.80. The van der Waals surface area contributed by atoms with E-state index >= 15 is 0 Å². The summed E-state index contributed by atoms with van der Waals surface area (Å²) in [6.45, 7) is 7.36. The van der Waals surface area contributed by atoms with Gasteiger partial charge in [0.15, 0.2) is 0 Å². The van der Waals surface area contributed by atoms with Gasteiger partial charge in [0.2, 0.25) is 5.91 Å². The van der Waals surface area contributed by atoms with Crippen LogP contribution in [-0.2, 0) is 13.6 Å². The van der Waals surface area contributed by atoms with Crippen LogP contribution in [0.25, 0.3) is 0 Å². The third-order valence-corrected chi connectivity index (χ3v) is 4.18. The predicted molar refractivity (Wildman–Crippen MR) is 62.8 cm³/mol. The molecule has 0 saturated heterocycles. The molecule has 1 atom stereocenters. The molecule has 1 unspecified atom stereocenters. The van der Waals surface area contributed by atoms with Crippen LogP contribution < -0.4 is 5.32 Å². The normalized spacial score (nSPS) is 12.6. The van der Waals surface area contributed by atoms with E-state index in [-0.39, 0.29) is 11.6 Å². The lowest BCUT2D eigenvalue weighted by atomic mass is 10.3. The molecule has 0 aliphatic rings.